The van der Waals surface area contributed by atoms with Crippen LogP contribution in [-0.4, -0.2) is 31.6 Å². The first-order valence-electron chi connectivity index (χ1n) is 9.88. The van der Waals surface area contributed by atoms with Crippen molar-refractivity contribution in [3.05, 3.63) is 65.4 Å². The first kappa shape index (κ1) is 24.7. The highest BCUT2D eigenvalue weighted by atomic mass is 32.1. The number of para-hydroxylation sites is 1. The molecule has 0 aliphatic heterocycles. The molecular formula is C22H21F3N6O2S. The third-order valence-electron chi connectivity index (χ3n) is 4.81. The third-order valence-corrected chi connectivity index (χ3v) is 5.00. The summed E-state index contributed by atoms with van der Waals surface area (Å²) in [4.78, 5) is 11.2. The van der Waals surface area contributed by atoms with Crippen LogP contribution in [0.5, 0.6) is 5.75 Å². The van der Waals surface area contributed by atoms with Crippen LogP contribution < -0.4 is 16.5 Å². The van der Waals surface area contributed by atoms with Crippen LogP contribution in [0.2, 0.25) is 0 Å². The van der Waals surface area contributed by atoms with Crippen molar-refractivity contribution in [1.82, 2.24) is 15.2 Å². The van der Waals surface area contributed by atoms with Crippen molar-refractivity contribution in [1.29, 1.82) is 0 Å². The second kappa shape index (κ2) is 9.91. The monoisotopic (exact) mass is 490 g/mol. The molecule has 12 heteroatoms. The molecule has 3 rings (SSSR count). The van der Waals surface area contributed by atoms with Crippen LogP contribution in [0.1, 0.15) is 23.7 Å². The molecule has 178 valence electrons. The molecule has 0 spiro atoms. The Morgan fingerprint density at radius 3 is 2.47 bits per heavy atom. The van der Waals surface area contributed by atoms with Crippen LogP contribution in [0.25, 0.3) is 11.3 Å². The maximum Gasteiger partial charge on any atom is 0.416 e. The standard InChI is InChI=1S/C22H21F3N6O2S/c1-12(28-29-21(34)27-16-6-4-3-5-14(16)11-17(26)32)18-20(33)19(31(2)30-18)13-7-9-15(10-8-13)22(23,24)25/h3-10,33H,11H2,1-2H3,(H2,26,32)(H2,27,29,34)/b28-12+. The lowest BCUT2D eigenvalue weighted by Crippen LogP contribution is -2.26. The molecule has 1 amide bonds. The zero-order valence-corrected chi connectivity index (χ0v) is 19.0. The second-order valence-electron chi connectivity index (χ2n) is 7.31. The number of rotatable bonds is 6. The molecule has 0 unspecified atom stereocenters. The van der Waals surface area contributed by atoms with Gasteiger partial charge in [0.25, 0.3) is 0 Å². The molecule has 8 nitrogen and oxygen atoms in total. The zero-order valence-electron chi connectivity index (χ0n) is 18.1. The second-order valence-corrected chi connectivity index (χ2v) is 7.72. The minimum Gasteiger partial charge on any atom is -0.504 e. The minimum absolute atomic E-state index is 0.0304. The van der Waals surface area contributed by atoms with Gasteiger partial charge in [0.1, 0.15) is 5.69 Å². The summed E-state index contributed by atoms with van der Waals surface area (Å²) in [6.45, 7) is 1.58. The van der Waals surface area contributed by atoms with Crippen molar-refractivity contribution in [2.24, 2.45) is 17.9 Å². The molecule has 0 aliphatic carbocycles. The highest BCUT2D eigenvalue weighted by Gasteiger charge is 2.30. The summed E-state index contributed by atoms with van der Waals surface area (Å²) in [6, 6.07) is 11.4. The number of nitrogens with two attached hydrogens (primary N) is 1. The molecule has 0 atom stereocenters. The molecule has 0 radical (unpaired) electrons. The van der Waals surface area contributed by atoms with Gasteiger partial charge in [0.2, 0.25) is 5.91 Å². The summed E-state index contributed by atoms with van der Waals surface area (Å²) >= 11 is 5.23. The van der Waals surface area contributed by atoms with E-state index in [2.05, 4.69) is 20.9 Å². The number of alkyl halides is 3. The first-order valence-corrected chi connectivity index (χ1v) is 10.3. The molecule has 0 aliphatic rings. The van der Waals surface area contributed by atoms with Gasteiger partial charge in [-0.05, 0) is 42.9 Å². The molecule has 3 aromatic rings. The van der Waals surface area contributed by atoms with E-state index in [1.807, 2.05) is 0 Å². The number of hydrogen-bond donors (Lipinski definition) is 4. The van der Waals surface area contributed by atoms with Crippen molar-refractivity contribution in [2.75, 3.05) is 5.32 Å². The number of carbonyl (C=O) groups excluding carboxylic acids is 1. The highest BCUT2D eigenvalue weighted by molar-refractivity contribution is 7.80. The predicted octanol–water partition coefficient (Wildman–Crippen LogP) is 3.55. The fourth-order valence-corrected chi connectivity index (χ4v) is 3.37. The molecule has 0 fully saturated rings. The number of anilines is 1. The number of aromatic hydroxyl groups is 1. The number of nitrogens with one attached hydrogen (secondary N) is 2. The summed E-state index contributed by atoms with van der Waals surface area (Å²) in [5, 5.41) is 22.1. The summed E-state index contributed by atoms with van der Waals surface area (Å²) in [5.41, 5.74) is 9.34. The summed E-state index contributed by atoms with van der Waals surface area (Å²) < 4.78 is 39.8. The van der Waals surface area contributed by atoms with Crippen LogP contribution in [0.15, 0.2) is 53.6 Å². The Labute approximate surface area is 198 Å². The molecule has 1 heterocycles. The Bertz CT molecular complexity index is 1250. The number of thiocarbonyl (C=S) groups is 1. The lowest BCUT2D eigenvalue weighted by molar-refractivity contribution is -0.137. The first-order chi connectivity index (χ1) is 16.0. The van der Waals surface area contributed by atoms with Crippen molar-refractivity contribution < 1.29 is 23.1 Å². The lowest BCUT2D eigenvalue weighted by Gasteiger charge is -2.11. The van der Waals surface area contributed by atoms with Crippen molar-refractivity contribution in [2.45, 2.75) is 19.5 Å². The van der Waals surface area contributed by atoms with E-state index in [4.69, 9.17) is 18.0 Å². The molecule has 2 aromatic carbocycles. The fourth-order valence-electron chi connectivity index (χ4n) is 3.22. The molecule has 0 bridgehead atoms. The maximum absolute atomic E-state index is 12.8. The smallest absolute Gasteiger partial charge is 0.416 e. The van der Waals surface area contributed by atoms with Crippen LogP contribution >= 0.6 is 12.2 Å². The Balaban J connectivity index is 1.77. The maximum atomic E-state index is 12.8. The van der Waals surface area contributed by atoms with E-state index in [1.165, 1.54) is 16.8 Å². The normalized spacial score (nSPS) is 11.9. The Morgan fingerprint density at radius 1 is 1.21 bits per heavy atom. The third kappa shape index (κ3) is 5.70. The summed E-state index contributed by atoms with van der Waals surface area (Å²) in [5.74, 6) is -0.729. The largest absolute Gasteiger partial charge is 0.504 e. The highest BCUT2D eigenvalue weighted by Crippen LogP contribution is 2.35. The van der Waals surface area contributed by atoms with Crippen LogP contribution in [-0.2, 0) is 24.4 Å². The average molecular weight is 491 g/mol. The van der Waals surface area contributed by atoms with E-state index >= 15 is 0 Å². The van der Waals surface area contributed by atoms with Gasteiger partial charge < -0.3 is 16.2 Å². The van der Waals surface area contributed by atoms with E-state index in [1.54, 1.807) is 38.2 Å². The van der Waals surface area contributed by atoms with Gasteiger partial charge in [-0.3, -0.25) is 14.9 Å². The van der Waals surface area contributed by atoms with Gasteiger partial charge in [0, 0.05) is 18.3 Å². The van der Waals surface area contributed by atoms with Gasteiger partial charge >= 0.3 is 6.18 Å². The number of aryl methyl sites for hydroxylation is 1. The Hall–Kier alpha value is -3.93. The van der Waals surface area contributed by atoms with E-state index in [9.17, 15) is 23.1 Å². The van der Waals surface area contributed by atoms with Gasteiger partial charge in [0.15, 0.2) is 16.6 Å². The molecule has 1 aromatic heterocycles. The van der Waals surface area contributed by atoms with Crippen LogP contribution in [0.4, 0.5) is 18.9 Å². The quantitative estimate of drug-likeness (QED) is 0.239. The topological polar surface area (TPSA) is 118 Å². The van der Waals surface area contributed by atoms with Crippen LogP contribution in [0.3, 0.4) is 0 Å². The molecular weight excluding hydrogens is 469 g/mol. The van der Waals surface area contributed by atoms with Gasteiger partial charge in [-0.25, -0.2) is 0 Å². The minimum atomic E-state index is -4.46. The number of carbonyl (C=O) groups is 1. The van der Waals surface area contributed by atoms with E-state index in [0.717, 1.165) is 12.1 Å². The van der Waals surface area contributed by atoms with Crippen molar-refractivity contribution in [3.8, 4) is 17.0 Å². The average Bonchev–Trinajstić information content (AvgIpc) is 3.06. The Morgan fingerprint density at radius 2 is 1.85 bits per heavy atom. The number of hydrazone groups is 1. The predicted molar refractivity (Wildman–Crippen MR) is 126 cm³/mol. The van der Waals surface area contributed by atoms with Gasteiger partial charge in [0.05, 0.1) is 17.7 Å². The summed E-state index contributed by atoms with van der Waals surface area (Å²) in [7, 11) is 1.55. The lowest BCUT2D eigenvalue weighted by atomic mass is 10.1. The number of amides is 1. The SMILES string of the molecule is C/C(=N\NC(=S)Nc1ccccc1CC(N)=O)c1nn(C)c(-c2ccc(C(F)(F)F)cc2)c1O. The van der Waals surface area contributed by atoms with Gasteiger partial charge in [-0.2, -0.15) is 23.4 Å². The fraction of sp³-hybridized carbons (Fsp3) is 0.182. The van der Waals surface area contributed by atoms with E-state index in [-0.39, 0.29) is 34.4 Å². The number of aromatic nitrogens is 2. The molecule has 0 saturated heterocycles. The van der Waals surface area contributed by atoms with Gasteiger partial charge in [-0.1, -0.05) is 30.3 Å². The van der Waals surface area contributed by atoms with E-state index < -0.39 is 17.6 Å². The van der Waals surface area contributed by atoms with E-state index in [0.29, 0.717) is 16.8 Å². The zero-order chi connectivity index (χ0) is 25.0. The van der Waals surface area contributed by atoms with Gasteiger partial charge in [-0.15, -0.1) is 0 Å². The summed E-state index contributed by atoms with van der Waals surface area (Å²) in [6.07, 6.45) is -4.43. The Kier molecular flexibility index (Phi) is 7.20. The van der Waals surface area contributed by atoms with Crippen molar-refractivity contribution in [3.63, 3.8) is 0 Å². The van der Waals surface area contributed by atoms with Crippen LogP contribution in [0, 0.1) is 0 Å². The number of nitrogens with zero attached hydrogens (tertiary/aromatic N) is 3. The number of primary amides is 1. The van der Waals surface area contributed by atoms with Crippen molar-refractivity contribution >= 4 is 34.6 Å². The number of benzene rings is 2. The molecule has 34 heavy (non-hydrogen) atoms. The molecule has 0 saturated carbocycles. The molecule has 5 N–H and O–H groups in total. The number of hydrogen-bond acceptors (Lipinski definition) is 5. The number of halogens is 3.